The second-order valence-electron chi connectivity index (χ2n) is 9.58. The van der Waals surface area contributed by atoms with Crippen LogP contribution in [0.2, 0.25) is 0 Å². The number of hydrogen-bond donors (Lipinski definition) is 1. The van der Waals surface area contributed by atoms with Crippen molar-refractivity contribution in [2.75, 3.05) is 0 Å². The fourth-order valence-electron chi connectivity index (χ4n) is 3.08. The van der Waals surface area contributed by atoms with Crippen LogP contribution in [0.25, 0.3) is 11.1 Å². The van der Waals surface area contributed by atoms with E-state index in [1.807, 2.05) is 24.5 Å². The van der Waals surface area contributed by atoms with Crippen molar-refractivity contribution in [2.24, 2.45) is 0 Å². The second-order valence-corrected chi connectivity index (χ2v) is 10.4. The molecule has 29 heavy (non-hydrogen) atoms. The quantitative estimate of drug-likeness (QED) is 0.550. The molecule has 3 aromatic rings. The van der Waals surface area contributed by atoms with E-state index in [4.69, 9.17) is 0 Å². The summed E-state index contributed by atoms with van der Waals surface area (Å²) in [5, 5.41) is 7.23. The van der Waals surface area contributed by atoms with Crippen molar-refractivity contribution in [1.29, 1.82) is 0 Å². The Morgan fingerprint density at radius 2 is 1.59 bits per heavy atom. The molecule has 1 N–H and O–H groups in total. The van der Waals surface area contributed by atoms with Crippen LogP contribution >= 0.6 is 11.3 Å². The number of pyridine rings is 1. The monoisotopic (exact) mass is 406 g/mol. The van der Waals surface area contributed by atoms with Gasteiger partial charge in [0, 0.05) is 30.1 Å². The van der Waals surface area contributed by atoms with Gasteiger partial charge in [-0.15, -0.1) is 0 Å². The molecule has 0 saturated heterocycles. The summed E-state index contributed by atoms with van der Waals surface area (Å²) in [7, 11) is 0. The first-order valence-corrected chi connectivity index (χ1v) is 10.9. The highest BCUT2D eigenvalue weighted by molar-refractivity contribution is 7.08. The van der Waals surface area contributed by atoms with Crippen LogP contribution in [0.4, 0.5) is 0 Å². The lowest BCUT2D eigenvalue weighted by Crippen LogP contribution is -2.25. The highest BCUT2D eigenvalue weighted by Gasteiger charge is 2.22. The lowest BCUT2D eigenvalue weighted by molar-refractivity contribution is 0.0950. The third kappa shape index (κ3) is 5.33. The molecule has 0 saturated carbocycles. The Labute approximate surface area is 178 Å². The van der Waals surface area contributed by atoms with E-state index in [9.17, 15) is 4.79 Å². The predicted octanol–water partition coefficient (Wildman–Crippen LogP) is 6.34. The van der Waals surface area contributed by atoms with Gasteiger partial charge < -0.3 is 5.32 Å². The molecule has 2 aromatic heterocycles. The lowest BCUT2D eigenvalue weighted by Gasteiger charge is -2.26. The largest absolute Gasteiger partial charge is 0.348 e. The number of thiophene rings is 1. The van der Waals surface area contributed by atoms with Crippen LogP contribution in [0.15, 0.2) is 53.5 Å². The van der Waals surface area contributed by atoms with E-state index >= 15 is 0 Å². The van der Waals surface area contributed by atoms with E-state index in [1.165, 1.54) is 11.1 Å². The summed E-state index contributed by atoms with van der Waals surface area (Å²) in [5.41, 5.74) is 6.25. The van der Waals surface area contributed by atoms with Crippen LogP contribution < -0.4 is 5.32 Å². The summed E-state index contributed by atoms with van der Waals surface area (Å²) in [5.74, 6) is -0.0532. The van der Waals surface area contributed by atoms with Gasteiger partial charge in [-0.2, -0.15) is 11.3 Å². The number of amides is 1. The molecule has 3 rings (SSSR count). The highest BCUT2D eigenvalue weighted by atomic mass is 32.1. The third-order valence-electron chi connectivity index (χ3n) is 5.03. The van der Waals surface area contributed by atoms with Crippen molar-refractivity contribution >= 4 is 17.2 Å². The Hall–Kier alpha value is -2.46. The van der Waals surface area contributed by atoms with E-state index in [0.29, 0.717) is 12.1 Å². The zero-order valence-corrected chi connectivity index (χ0v) is 19.0. The Morgan fingerprint density at radius 1 is 0.931 bits per heavy atom. The normalized spacial score (nSPS) is 12.1. The van der Waals surface area contributed by atoms with Crippen LogP contribution in [-0.2, 0) is 17.4 Å². The van der Waals surface area contributed by atoms with Crippen molar-refractivity contribution in [2.45, 2.75) is 58.9 Å². The molecule has 0 fully saturated rings. The SMILES string of the molecule is CC(C)(C)c1cc(C(=O)NCc2cncc(-c3ccsc3)c2)cc(C(C)(C)C)c1. The van der Waals surface area contributed by atoms with E-state index in [-0.39, 0.29) is 16.7 Å². The maximum atomic E-state index is 13.0. The molecule has 1 amide bonds. The van der Waals surface area contributed by atoms with Crippen molar-refractivity contribution in [3.8, 4) is 11.1 Å². The first kappa shape index (κ1) is 21.3. The lowest BCUT2D eigenvalue weighted by atomic mass is 9.79. The summed E-state index contributed by atoms with van der Waals surface area (Å²) < 4.78 is 0. The molecule has 0 spiro atoms. The van der Waals surface area contributed by atoms with Crippen molar-refractivity contribution in [1.82, 2.24) is 10.3 Å². The highest BCUT2D eigenvalue weighted by Crippen LogP contribution is 2.30. The smallest absolute Gasteiger partial charge is 0.251 e. The fraction of sp³-hybridized carbons (Fsp3) is 0.360. The summed E-state index contributed by atoms with van der Waals surface area (Å²) in [6, 6.07) is 10.4. The topological polar surface area (TPSA) is 42.0 Å². The standard InChI is InChI=1S/C25H30N2OS/c1-24(2,3)21-10-19(11-22(12-21)25(4,5)6)23(28)27-14-17-9-20(15-26-13-17)18-7-8-29-16-18/h7-13,15-16H,14H2,1-6H3,(H,27,28). The van der Waals surface area contributed by atoms with E-state index in [0.717, 1.165) is 16.7 Å². The average molecular weight is 407 g/mol. The van der Waals surface area contributed by atoms with Gasteiger partial charge in [-0.05, 0) is 68.1 Å². The van der Waals surface area contributed by atoms with Crippen LogP contribution in [0.5, 0.6) is 0 Å². The van der Waals surface area contributed by atoms with Crippen LogP contribution in [-0.4, -0.2) is 10.9 Å². The van der Waals surface area contributed by atoms with Gasteiger partial charge in [-0.25, -0.2) is 0 Å². The van der Waals surface area contributed by atoms with Gasteiger partial charge in [0.25, 0.3) is 5.91 Å². The number of nitrogens with zero attached hydrogens (tertiary/aromatic N) is 1. The molecule has 0 radical (unpaired) electrons. The second kappa shape index (κ2) is 8.11. The summed E-state index contributed by atoms with van der Waals surface area (Å²) in [6.07, 6.45) is 3.66. The number of hydrogen-bond acceptors (Lipinski definition) is 3. The molecule has 0 aliphatic rings. The van der Waals surface area contributed by atoms with Crippen LogP contribution in [0, 0.1) is 0 Å². The Kier molecular flexibility index (Phi) is 5.95. The van der Waals surface area contributed by atoms with E-state index < -0.39 is 0 Å². The summed E-state index contributed by atoms with van der Waals surface area (Å²) >= 11 is 1.66. The van der Waals surface area contributed by atoms with Gasteiger partial charge in [-0.1, -0.05) is 47.6 Å². The van der Waals surface area contributed by atoms with E-state index in [2.05, 4.69) is 80.8 Å². The molecular formula is C25H30N2OS. The summed E-state index contributed by atoms with van der Waals surface area (Å²) in [6.45, 7) is 13.5. The molecule has 3 nitrogen and oxygen atoms in total. The average Bonchev–Trinajstić information content (AvgIpc) is 3.19. The third-order valence-corrected chi connectivity index (χ3v) is 5.71. The van der Waals surface area contributed by atoms with Gasteiger partial charge in [-0.3, -0.25) is 9.78 Å². The molecule has 0 aliphatic carbocycles. The van der Waals surface area contributed by atoms with Gasteiger partial charge in [0.2, 0.25) is 0 Å². The molecular weight excluding hydrogens is 376 g/mol. The van der Waals surface area contributed by atoms with Gasteiger partial charge in [0.05, 0.1) is 0 Å². The number of carbonyl (C=O) groups excluding carboxylic acids is 1. The fourth-order valence-corrected chi connectivity index (χ4v) is 3.74. The Morgan fingerprint density at radius 3 is 2.14 bits per heavy atom. The molecule has 152 valence electrons. The maximum Gasteiger partial charge on any atom is 0.251 e. The van der Waals surface area contributed by atoms with Gasteiger partial charge in [0.1, 0.15) is 0 Å². The first-order valence-electron chi connectivity index (χ1n) is 9.95. The molecule has 4 heteroatoms. The van der Waals surface area contributed by atoms with Gasteiger partial charge in [0.15, 0.2) is 0 Å². The zero-order chi connectivity index (χ0) is 21.2. The number of rotatable bonds is 4. The maximum absolute atomic E-state index is 13.0. The van der Waals surface area contributed by atoms with Crippen LogP contribution in [0.3, 0.4) is 0 Å². The minimum atomic E-state index is -0.0532. The number of carbonyl (C=O) groups is 1. The van der Waals surface area contributed by atoms with Crippen molar-refractivity contribution in [3.63, 3.8) is 0 Å². The molecule has 0 aliphatic heterocycles. The Bertz CT molecular complexity index is 960. The minimum Gasteiger partial charge on any atom is -0.348 e. The zero-order valence-electron chi connectivity index (χ0n) is 18.2. The first-order chi connectivity index (χ1) is 13.5. The number of nitrogens with one attached hydrogen (secondary N) is 1. The van der Waals surface area contributed by atoms with Crippen LogP contribution in [0.1, 0.15) is 68.6 Å². The molecule has 1 aromatic carbocycles. The molecule has 2 heterocycles. The van der Waals surface area contributed by atoms with E-state index in [1.54, 1.807) is 11.3 Å². The van der Waals surface area contributed by atoms with Crippen molar-refractivity contribution in [3.05, 3.63) is 75.7 Å². The number of aromatic nitrogens is 1. The van der Waals surface area contributed by atoms with Gasteiger partial charge >= 0.3 is 0 Å². The molecule has 0 unspecified atom stereocenters. The minimum absolute atomic E-state index is 0.0188. The predicted molar refractivity (Wildman–Crippen MR) is 123 cm³/mol. The Balaban J connectivity index is 1.81. The molecule has 0 bridgehead atoms. The number of benzene rings is 1. The molecule has 0 atom stereocenters. The van der Waals surface area contributed by atoms with Crippen molar-refractivity contribution < 1.29 is 4.79 Å². The summed E-state index contributed by atoms with van der Waals surface area (Å²) in [4.78, 5) is 17.3.